The predicted octanol–water partition coefficient (Wildman–Crippen LogP) is 1.59. The molecule has 7 nitrogen and oxygen atoms in total. The van der Waals surface area contributed by atoms with Crippen LogP contribution >= 0.6 is 11.6 Å². The molecule has 0 bridgehead atoms. The zero-order valence-electron chi connectivity index (χ0n) is 17.5. The van der Waals surface area contributed by atoms with E-state index in [4.69, 9.17) is 16.3 Å². The molecule has 2 aliphatic rings. The molecule has 2 amide bonds. The highest BCUT2D eigenvalue weighted by Crippen LogP contribution is 2.24. The lowest BCUT2D eigenvalue weighted by Crippen LogP contribution is -2.54. The smallest absolute Gasteiger partial charge is 0.239 e. The van der Waals surface area contributed by atoms with Gasteiger partial charge < -0.3 is 15.0 Å². The van der Waals surface area contributed by atoms with Crippen molar-refractivity contribution < 1.29 is 14.3 Å². The Bertz CT molecular complexity index is 733. The van der Waals surface area contributed by atoms with Gasteiger partial charge in [-0.25, -0.2) is 0 Å². The third-order valence-corrected chi connectivity index (χ3v) is 5.88. The Balaban J connectivity index is 1.47. The number of benzene rings is 1. The molecule has 0 radical (unpaired) electrons. The van der Waals surface area contributed by atoms with Crippen molar-refractivity contribution in [3.05, 3.63) is 28.8 Å². The molecule has 0 aromatic heterocycles. The summed E-state index contributed by atoms with van der Waals surface area (Å²) in [6, 6.07) is 5.74. The summed E-state index contributed by atoms with van der Waals surface area (Å²) in [6.07, 6.45) is 2.09. The molecule has 1 heterocycles. The van der Waals surface area contributed by atoms with Gasteiger partial charge in [0.05, 0.1) is 19.7 Å². The standard InChI is InChI=1S/C21H31ClN4O3/c1-15(21(28)24(2)14-20(27)23-18-5-6-18)26-10-8-25(9-11-26)13-16-12-17(22)4-7-19(16)29-3/h4,7,12,15,18H,5-6,8-11,13-14H2,1-3H3,(H,23,27). The van der Waals surface area contributed by atoms with Gasteiger partial charge in [-0.1, -0.05) is 11.6 Å². The summed E-state index contributed by atoms with van der Waals surface area (Å²) < 4.78 is 5.44. The quantitative estimate of drug-likeness (QED) is 0.689. The van der Waals surface area contributed by atoms with E-state index < -0.39 is 0 Å². The Hall–Kier alpha value is -1.83. The number of rotatable bonds is 8. The highest BCUT2D eigenvalue weighted by Gasteiger charge is 2.29. The van der Waals surface area contributed by atoms with E-state index >= 15 is 0 Å². The van der Waals surface area contributed by atoms with Crippen LogP contribution in [0.1, 0.15) is 25.3 Å². The first-order valence-corrected chi connectivity index (χ1v) is 10.6. The van der Waals surface area contributed by atoms with E-state index in [0.717, 1.165) is 56.9 Å². The van der Waals surface area contributed by atoms with E-state index in [2.05, 4.69) is 15.1 Å². The molecular weight excluding hydrogens is 392 g/mol. The van der Waals surface area contributed by atoms with Gasteiger partial charge >= 0.3 is 0 Å². The molecular formula is C21H31ClN4O3. The summed E-state index contributed by atoms with van der Waals surface area (Å²) >= 11 is 6.13. The Kier molecular flexibility index (Phi) is 7.38. The van der Waals surface area contributed by atoms with Crippen molar-refractivity contribution in [2.24, 2.45) is 0 Å². The third kappa shape index (κ3) is 6.07. The lowest BCUT2D eigenvalue weighted by atomic mass is 10.1. The molecule has 8 heteroatoms. The number of piperazine rings is 1. The third-order valence-electron chi connectivity index (χ3n) is 5.65. The van der Waals surface area contributed by atoms with E-state index in [1.54, 1.807) is 14.2 Å². The van der Waals surface area contributed by atoms with Crippen molar-refractivity contribution in [3.8, 4) is 5.75 Å². The summed E-state index contributed by atoms with van der Waals surface area (Å²) in [5, 5.41) is 3.63. The van der Waals surface area contributed by atoms with Crippen LogP contribution in [-0.4, -0.2) is 85.5 Å². The second-order valence-corrected chi connectivity index (χ2v) is 8.42. The molecule has 1 N–H and O–H groups in total. The SMILES string of the molecule is COc1ccc(Cl)cc1CN1CCN(C(C)C(=O)N(C)CC(=O)NC2CC2)CC1. The van der Waals surface area contributed by atoms with Crippen LogP contribution in [0, 0.1) is 0 Å². The van der Waals surface area contributed by atoms with Crippen LogP contribution in [0.2, 0.25) is 5.02 Å². The van der Waals surface area contributed by atoms with E-state index in [9.17, 15) is 9.59 Å². The predicted molar refractivity (Wildman–Crippen MR) is 113 cm³/mol. The van der Waals surface area contributed by atoms with E-state index in [0.29, 0.717) is 11.1 Å². The van der Waals surface area contributed by atoms with Gasteiger partial charge in [-0.3, -0.25) is 19.4 Å². The molecule has 29 heavy (non-hydrogen) atoms. The fraction of sp³-hybridized carbons (Fsp3) is 0.619. The second-order valence-electron chi connectivity index (χ2n) is 7.98. The molecule has 1 unspecified atom stereocenters. The van der Waals surface area contributed by atoms with Crippen LogP contribution in [-0.2, 0) is 16.1 Å². The van der Waals surface area contributed by atoms with Crippen molar-refractivity contribution in [1.29, 1.82) is 0 Å². The summed E-state index contributed by atoms with van der Waals surface area (Å²) in [4.78, 5) is 30.7. The van der Waals surface area contributed by atoms with Gasteiger partial charge in [-0.15, -0.1) is 0 Å². The monoisotopic (exact) mass is 422 g/mol. The minimum atomic E-state index is -0.239. The van der Waals surface area contributed by atoms with Gasteiger partial charge in [0.25, 0.3) is 0 Å². The topological polar surface area (TPSA) is 65.1 Å². The van der Waals surface area contributed by atoms with Crippen molar-refractivity contribution >= 4 is 23.4 Å². The first-order chi connectivity index (χ1) is 13.9. The highest BCUT2D eigenvalue weighted by atomic mass is 35.5. The van der Waals surface area contributed by atoms with Crippen LogP contribution in [0.4, 0.5) is 0 Å². The molecule has 2 fully saturated rings. The number of carbonyl (C=O) groups is 2. The minimum absolute atomic E-state index is 0.0130. The molecule has 1 aromatic carbocycles. The van der Waals surface area contributed by atoms with Crippen molar-refractivity contribution in [2.75, 3.05) is 46.9 Å². The first kappa shape index (κ1) is 21.9. The van der Waals surface area contributed by atoms with Gasteiger partial charge in [0.2, 0.25) is 11.8 Å². The first-order valence-electron chi connectivity index (χ1n) is 10.2. The number of amides is 2. The summed E-state index contributed by atoms with van der Waals surface area (Å²) in [5.41, 5.74) is 1.07. The van der Waals surface area contributed by atoms with Crippen LogP contribution in [0.25, 0.3) is 0 Å². The van der Waals surface area contributed by atoms with Gasteiger partial charge in [0.1, 0.15) is 5.75 Å². The number of halogens is 1. The molecule has 1 aliphatic heterocycles. The molecule has 1 atom stereocenters. The van der Waals surface area contributed by atoms with Gasteiger partial charge in [0, 0.05) is 56.4 Å². The van der Waals surface area contributed by atoms with Crippen molar-refractivity contribution in [2.45, 2.75) is 38.4 Å². The number of nitrogens with one attached hydrogen (secondary N) is 1. The minimum Gasteiger partial charge on any atom is -0.496 e. The Morgan fingerprint density at radius 2 is 1.97 bits per heavy atom. The maximum atomic E-state index is 12.7. The number of hydrogen-bond acceptors (Lipinski definition) is 5. The maximum Gasteiger partial charge on any atom is 0.239 e. The van der Waals surface area contributed by atoms with E-state index in [1.165, 1.54) is 4.90 Å². The largest absolute Gasteiger partial charge is 0.496 e. The Morgan fingerprint density at radius 1 is 1.28 bits per heavy atom. The Morgan fingerprint density at radius 3 is 2.59 bits per heavy atom. The van der Waals surface area contributed by atoms with Gasteiger partial charge in [0.15, 0.2) is 0 Å². The normalized spacial score (nSPS) is 18.9. The van der Waals surface area contributed by atoms with Crippen molar-refractivity contribution in [1.82, 2.24) is 20.0 Å². The fourth-order valence-corrected chi connectivity index (χ4v) is 3.88. The van der Waals surface area contributed by atoms with Crippen LogP contribution in [0.5, 0.6) is 5.75 Å². The average molecular weight is 423 g/mol. The second kappa shape index (κ2) is 9.78. The Labute approximate surface area is 177 Å². The fourth-order valence-electron chi connectivity index (χ4n) is 3.69. The summed E-state index contributed by atoms with van der Waals surface area (Å²) in [5.74, 6) is 0.753. The average Bonchev–Trinajstić information content (AvgIpc) is 3.51. The number of ether oxygens (including phenoxy) is 1. The van der Waals surface area contributed by atoms with Crippen LogP contribution in [0.3, 0.4) is 0 Å². The molecule has 3 rings (SSSR count). The zero-order valence-corrected chi connectivity index (χ0v) is 18.2. The zero-order chi connectivity index (χ0) is 21.0. The van der Waals surface area contributed by atoms with E-state index in [-0.39, 0.29) is 24.4 Å². The lowest BCUT2D eigenvalue weighted by molar-refractivity contribution is -0.139. The number of methoxy groups -OCH3 is 1. The number of carbonyl (C=O) groups excluding carboxylic acids is 2. The number of likely N-dealkylation sites (N-methyl/N-ethyl adjacent to an activating group) is 1. The lowest BCUT2D eigenvalue weighted by Gasteiger charge is -2.38. The number of hydrogen-bond donors (Lipinski definition) is 1. The molecule has 160 valence electrons. The van der Waals surface area contributed by atoms with Gasteiger partial charge in [-0.05, 0) is 38.0 Å². The summed E-state index contributed by atoms with van der Waals surface area (Å²) in [6.45, 7) is 6.14. The maximum absolute atomic E-state index is 12.7. The molecule has 1 aliphatic carbocycles. The van der Waals surface area contributed by atoms with Gasteiger partial charge in [-0.2, -0.15) is 0 Å². The summed E-state index contributed by atoms with van der Waals surface area (Å²) in [7, 11) is 3.37. The van der Waals surface area contributed by atoms with E-state index in [1.807, 2.05) is 25.1 Å². The highest BCUT2D eigenvalue weighted by molar-refractivity contribution is 6.30. The van der Waals surface area contributed by atoms with Crippen LogP contribution in [0.15, 0.2) is 18.2 Å². The van der Waals surface area contributed by atoms with Crippen LogP contribution < -0.4 is 10.1 Å². The van der Waals surface area contributed by atoms with Crippen molar-refractivity contribution in [3.63, 3.8) is 0 Å². The molecule has 1 saturated carbocycles. The molecule has 0 spiro atoms. The molecule has 1 saturated heterocycles. The number of nitrogens with zero attached hydrogens (tertiary/aromatic N) is 3. The molecule has 1 aromatic rings.